The van der Waals surface area contributed by atoms with Gasteiger partial charge in [0, 0.05) is 38.6 Å². The highest BCUT2D eigenvalue weighted by Crippen LogP contribution is 2.28. The number of amides is 2. The van der Waals surface area contributed by atoms with Crippen molar-refractivity contribution in [2.45, 2.75) is 78.7 Å². The quantitative estimate of drug-likeness (QED) is 0.593. The van der Waals surface area contributed by atoms with Gasteiger partial charge in [-0.1, -0.05) is 47.0 Å². The lowest BCUT2D eigenvalue weighted by Crippen LogP contribution is -2.39. The number of hydrogen-bond acceptors (Lipinski definition) is 3. The van der Waals surface area contributed by atoms with Gasteiger partial charge in [-0.15, -0.1) is 0 Å². The van der Waals surface area contributed by atoms with Crippen LogP contribution in [0.1, 0.15) is 72.6 Å². The molecule has 5 heteroatoms. The highest BCUT2D eigenvalue weighted by molar-refractivity contribution is 5.89. The molecule has 1 heterocycles. The molecule has 0 aromatic heterocycles. The maximum Gasteiger partial charge on any atom is 0.225 e. The highest BCUT2D eigenvalue weighted by Gasteiger charge is 2.37. The Labute approximate surface area is 166 Å². The minimum absolute atomic E-state index is 0.0703. The molecule has 5 nitrogen and oxygen atoms in total. The van der Waals surface area contributed by atoms with Crippen molar-refractivity contribution in [1.29, 1.82) is 0 Å². The van der Waals surface area contributed by atoms with Crippen LogP contribution in [0.2, 0.25) is 0 Å². The Bertz CT molecular complexity index is 462. The van der Waals surface area contributed by atoms with Crippen LogP contribution in [0.5, 0.6) is 0 Å². The van der Waals surface area contributed by atoms with E-state index in [0.717, 1.165) is 38.9 Å². The summed E-state index contributed by atoms with van der Waals surface area (Å²) in [5.41, 5.74) is 0. The Morgan fingerprint density at radius 3 is 2.33 bits per heavy atom. The summed E-state index contributed by atoms with van der Waals surface area (Å²) in [5, 5.41) is 3.09. The van der Waals surface area contributed by atoms with E-state index in [1.807, 2.05) is 4.90 Å². The number of rotatable bonds is 10. The van der Waals surface area contributed by atoms with Gasteiger partial charge in [0.05, 0.1) is 5.92 Å². The van der Waals surface area contributed by atoms with Gasteiger partial charge >= 0.3 is 0 Å². The molecule has 1 aliphatic carbocycles. The smallest absolute Gasteiger partial charge is 0.225 e. The first-order valence-electron chi connectivity index (χ1n) is 11.2. The van der Waals surface area contributed by atoms with E-state index in [0.29, 0.717) is 37.4 Å². The van der Waals surface area contributed by atoms with Gasteiger partial charge in [-0.3, -0.25) is 9.59 Å². The van der Waals surface area contributed by atoms with E-state index in [2.05, 4.69) is 37.9 Å². The van der Waals surface area contributed by atoms with E-state index in [1.54, 1.807) is 0 Å². The molecule has 0 radical (unpaired) electrons. The topological polar surface area (TPSA) is 52.7 Å². The molecule has 0 aromatic rings. The van der Waals surface area contributed by atoms with Gasteiger partial charge in [-0.2, -0.15) is 0 Å². The van der Waals surface area contributed by atoms with Crippen molar-refractivity contribution in [3.8, 4) is 0 Å². The molecule has 0 spiro atoms. The number of hydrogen-bond donors (Lipinski definition) is 1. The lowest BCUT2D eigenvalue weighted by molar-refractivity contribution is -0.130. The van der Waals surface area contributed by atoms with Crippen LogP contribution in [0, 0.1) is 17.8 Å². The van der Waals surface area contributed by atoms with Crippen LogP contribution in [0.25, 0.3) is 0 Å². The predicted octanol–water partition coefficient (Wildman–Crippen LogP) is 3.29. The lowest BCUT2D eigenvalue weighted by atomic mass is 9.94. The number of carbonyl (C=O) groups is 2. The molecular weight excluding hydrogens is 338 g/mol. The third-order valence-electron chi connectivity index (χ3n) is 5.74. The van der Waals surface area contributed by atoms with Gasteiger partial charge < -0.3 is 15.1 Å². The van der Waals surface area contributed by atoms with Crippen LogP contribution in [-0.4, -0.2) is 60.4 Å². The van der Waals surface area contributed by atoms with Crippen molar-refractivity contribution in [3.05, 3.63) is 0 Å². The van der Waals surface area contributed by atoms with Gasteiger partial charge in [0.1, 0.15) is 0 Å². The molecule has 27 heavy (non-hydrogen) atoms. The molecule has 1 saturated heterocycles. The average molecular weight is 380 g/mol. The summed E-state index contributed by atoms with van der Waals surface area (Å²) >= 11 is 0. The number of likely N-dealkylation sites (tertiary alicyclic amines) is 1. The normalized spacial score (nSPS) is 21.7. The van der Waals surface area contributed by atoms with E-state index in [9.17, 15) is 9.59 Å². The van der Waals surface area contributed by atoms with Gasteiger partial charge in [0.2, 0.25) is 11.8 Å². The maximum absolute atomic E-state index is 12.5. The minimum Gasteiger partial charge on any atom is -0.356 e. The van der Waals surface area contributed by atoms with Gasteiger partial charge in [0.15, 0.2) is 0 Å². The van der Waals surface area contributed by atoms with Crippen LogP contribution in [-0.2, 0) is 9.59 Å². The van der Waals surface area contributed by atoms with E-state index >= 15 is 0 Å². The lowest BCUT2D eigenvalue weighted by Gasteiger charge is -2.31. The van der Waals surface area contributed by atoms with Crippen molar-refractivity contribution < 1.29 is 9.59 Å². The molecule has 2 aliphatic rings. The summed E-state index contributed by atoms with van der Waals surface area (Å²) in [6.45, 7) is 13.6. The van der Waals surface area contributed by atoms with Crippen LogP contribution in [0.3, 0.4) is 0 Å². The van der Waals surface area contributed by atoms with E-state index in [-0.39, 0.29) is 17.7 Å². The monoisotopic (exact) mass is 379 g/mol. The molecule has 1 aliphatic heterocycles. The largest absolute Gasteiger partial charge is 0.356 e. The first-order valence-corrected chi connectivity index (χ1v) is 11.2. The van der Waals surface area contributed by atoms with Crippen LogP contribution < -0.4 is 5.32 Å². The minimum atomic E-state index is -0.151. The van der Waals surface area contributed by atoms with Gasteiger partial charge in [0.25, 0.3) is 0 Å². The summed E-state index contributed by atoms with van der Waals surface area (Å²) in [6.07, 6.45) is 7.31. The molecule has 0 aromatic carbocycles. The zero-order valence-corrected chi connectivity index (χ0v) is 18.0. The third kappa shape index (κ3) is 7.44. The molecule has 1 unspecified atom stereocenters. The van der Waals surface area contributed by atoms with Crippen molar-refractivity contribution in [3.63, 3.8) is 0 Å². The van der Waals surface area contributed by atoms with Crippen molar-refractivity contribution in [2.24, 2.45) is 17.8 Å². The van der Waals surface area contributed by atoms with Crippen LogP contribution >= 0.6 is 0 Å². The Morgan fingerprint density at radius 2 is 1.74 bits per heavy atom. The van der Waals surface area contributed by atoms with Crippen molar-refractivity contribution >= 4 is 11.8 Å². The standard InChI is InChI=1S/C22H41N3O2/c1-17(2)14-24(15-18(3)4)12-8-11-23-22(27)19-13-21(26)25(16-19)20-9-6-5-7-10-20/h17-20H,5-16H2,1-4H3,(H,23,27). The molecule has 1 N–H and O–H groups in total. The molecular formula is C22H41N3O2. The zero-order chi connectivity index (χ0) is 19.8. The molecule has 2 rings (SSSR count). The van der Waals surface area contributed by atoms with Crippen LogP contribution in [0.15, 0.2) is 0 Å². The first kappa shape index (κ1) is 22.2. The number of carbonyl (C=O) groups excluding carboxylic acids is 2. The zero-order valence-electron chi connectivity index (χ0n) is 18.0. The summed E-state index contributed by atoms with van der Waals surface area (Å²) in [7, 11) is 0. The molecule has 1 saturated carbocycles. The SMILES string of the molecule is CC(C)CN(CCCNC(=O)C1CC(=O)N(C2CCCCC2)C1)CC(C)C. The second kappa shape index (κ2) is 11.0. The summed E-state index contributed by atoms with van der Waals surface area (Å²) in [5.74, 6) is 1.42. The Kier molecular flexibility index (Phi) is 9.07. The second-order valence-corrected chi connectivity index (χ2v) is 9.43. The predicted molar refractivity (Wildman–Crippen MR) is 110 cm³/mol. The fraction of sp³-hybridized carbons (Fsp3) is 0.909. The Hall–Kier alpha value is -1.10. The maximum atomic E-state index is 12.5. The third-order valence-corrected chi connectivity index (χ3v) is 5.74. The van der Waals surface area contributed by atoms with Crippen LogP contribution in [0.4, 0.5) is 0 Å². The second-order valence-electron chi connectivity index (χ2n) is 9.43. The van der Waals surface area contributed by atoms with Gasteiger partial charge in [-0.25, -0.2) is 0 Å². The molecule has 2 fully saturated rings. The first-order chi connectivity index (χ1) is 12.9. The Balaban J connectivity index is 1.70. The summed E-state index contributed by atoms with van der Waals surface area (Å²) in [6, 6.07) is 0.379. The van der Waals surface area contributed by atoms with E-state index in [4.69, 9.17) is 0 Å². The van der Waals surface area contributed by atoms with E-state index in [1.165, 1.54) is 19.3 Å². The Morgan fingerprint density at radius 1 is 1.11 bits per heavy atom. The number of nitrogens with one attached hydrogen (secondary N) is 1. The van der Waals surface area contributed by atoms with E-state index < -0.39 is 0 Å². The molecule has 156 valence electrons. The fourth-order valence-corrected chi connectivity index (χ4v) is 4.60. The molecule has 0 bridgehead atoms. The fourth-order valence-electron chi connectivity index (χ4n) is 4.60. The average Bonchev–Trinajstić information content (AvgIpc) is 3.00. The summed E-state index contributed by atoms with van der Waals surface area (Å²) in [4.78, 5) is 29.4. The van der Waals surface area contributed by atoms with Crippen molar-refractivity contribution in [2.75, 3.05) is 32.7 Å². The van der Waals surface area contributed by atoms with Gasteiger partial charge in [-0.05, 0) is 37.6 Å². The molecule has 1 atom stereocenters. The summed E-state index contributed by atoms with van der Waals surface area (Å²) < 4.78 is 0. The van der Waals surface area contributed by atoms with Crippen molar-refractivity contribution in [1.82, 2.24) is 15.1 Å². The number of nitrogens with zero attached hydrogens (tertiary/aromatic N) is 2. The molecule has 2 amide bonds. The highest BCUT2D eigenvalue weighted by atomic mass is 16.2.